The Labute approximate surface area is 182 Å². The molecule has 3 aromatic rings. The summed E-state index contributed by atoms with van der Waals surface area (Å²) < 4.78 is 20.9. The third-order valence-corrected chi connectivity index (χ3v) is 5.40. The van der Waals surface area contributed by atoms with Crippen LogP contribution < -0.4 is 10.5 Å². The number of imidazole rings is 1. The number of methoxy groups -OCH3 is 1. The van der Waals surface area contributed by atoms with Gasteiger partial charge in [0.25, 0.3) is 5.91 Å². The van der Waals surface area contributed by atoms with Crippen LogP contribution in [0.2, 0.25) is 5.15 Å². The van der Waals surface area contributed by atoms with E-state index in [1.807, 2.05) is 0 Å². The Balaban J connectivity index is 1.86. The van der Waals surface area contributed by atoms with Crippen LogP contribution in [0, 0.1) is 12.4 Å². The van der Waals surface area contributed by atoms with Crippen LogP contribution in [0.1, 0.15) is 16.9 Å². The minimum atomic E-state index is -0.690. The van der Waals surface area contributed by atoms with Crippen molar-refractivity contribution >= 4 is 23.2 Å². The number of carbonyl (C=O) groups is 1. The number of halogens is 2. The lowest BCUT2D eigenvalue weighted by atomic mass is 10.2. The Bertz CT molecular complexity index is 1190. The number of hydrogen-bond acceptors (Lipinski definition) is 5. The van der Waals surface area contributed by atoms with Gasteiger partial charge < -0.3 is 15.4 Å². The van der Waals surface area contributed by atoms with E-state index >= 15 is 0 Å². The van der Waals surface area contributed by atoms with Crippen LogP contribution >= 0.6 is 11.6 Å². The van der Waals surface area contributed by atoms with Gasteiger partial charge in [-0.25, -0.2) is 19.2 Å². The fourth-order valence-electron chi connectivity index (χ4n) is 3.45. The first-order valence-corrected chi connectivity index (χ1v) is 9.81. The third kappa shape index (κ3) is 3.83. The summed E-state index contributed by atoms with van der Waals surface area (Å²) in [6.45, 7) is 7.97. The van der Waals surface area contributed by atoms with E-state index in [9.17, 15) is 9.18 Å². The van der Waals surface area contributed by atoms with Crippen LogP contribution in [0.5, 0.6) is 5.88 Å². The zero-order valence-corrected chi connectivity index (χ0v) is 17.3. The summed E-state index contributed by atoms with van der Waals surface area (Å²) >= 11 is 6.62. The quantitative estimate of drug-likeness (QED) is 0.627. The molecule has 1 saturated heterocycles. The Morgan fingerprint density at radius 2 is 2.19 bits per heavy atom. The number of amides is 1. The number of nitrogens with zero attached hydrogens (tertiary/aromatic N) is 5. The van der Waals surface area contributed by atoms with Crippen molar-refractivity contribution in [2.75, 3.05) is 20.2 Å². The molecule has 0 bridgehead atoms. The third-order valence-electron chi connectivity index (χ3n) is 5.05. The van der Waals surface area contributed by atoms with Crippen LogP contribution in [-0.4, -0.2) is 51.6 Å². The van der Waals surface area contributed by atoms with Crippen molar-refractivity contribution in [2.45, 2.75) is 12.5 Å². The molecule has 2 N–H and O–H groups in total. The monoisotopic (exact) mass is 440 g/mol. The number of hydrogen-bond donors (Lipinski definition) is 1. The van der Waals surface area contributed by atoms with Gasteiger partial charge in [0, 0.05) is 30.8 Å². The first kappa shape index (κ1) is 20.8. The number of carbonyl (C=O) groups excluding carboxylic acids is 1. The van der Waals surface area contributed by atoms with E-state index in [1.54, 1.807) is 23.1 Å². The Morgan fingerprint density at radius 1 is 1.39 bits per heavy atom. The normalized spacial score (nSPS) is 15.7. The van der Waals surface area contributed by atoms with Crippen LogP contribution in [0.3, 0.4) is 0 Å². The van der Waals surface area contributed by atoms with Crippen LogP contribution in [0.15, 0.2) is 36.5 Å². The molecule has 1 fully saturated rings. The lowest BCUT2D eigenvalue weighted by Crippen LogP contribution is -2.32. The first-order chi connectivity index (χ1) is 14.9. The van der Waals surface area contributed by atoms with Gasteiger partial charge in [-0.15, -0.1) is 0 Å². The van der Waals surface area contributed by atoms with Crippen molar-refractivity contribution in [1.82, 2.24) is 19.4 Å². The summed E-state index contributed by atoms with van der Waals surface area (Å²) in [6.07, 6.45) is 2.21. The summed E-state index contributed by atoms with van der Waals surface area (Å²) in [4.78, 5) is 26.5. The first-order valence-electron chi connectivity index (χ1n) is 9.43. The smallest absolute Gasteiger partial charge is 0.275 e. The summed E-state index contributed by atoms with van der Waals surface area (Å²) in [6, 6.07) is 7.36. The lowest BCUT2D eigenvalue weighted by molar-refractivity contribution is 0.0786. The van der Waals surface area contributed by atoms with Gasteiger partial charge in [-0.2, -0.15) is 0 Å². The van der Waals surface area contributed by atoms with E-state index in [-0.39, 0.29) is 34.3 Å². The highest BCUT2D eigenvalue weighted by Crippen LogP contribution is 2.33. The molecular weight excluding hydrogens is 423 g/mol. The highest BCUT2D eigenvalue weighted by Gasteiger charge is 2.30. The van der Waals surface area contributed by atoms with E-state index in [1.165, 1.54) is 30.0 Å². The molecule has 1 aliphatic rings. The van der Waals surface area contributed by atoms with Crippen LogP contribution in [0.25, 0.3) is 21.9 Å². The molecule has 0 aliphatic carbocycles. The van der Waals surface area contributed by atoms with E-state index < -0.39 is 5.82 Å². The molecule has 2 aromatic heterocycles. The molecule has 0 spiro atoms. The molecule has 0 unspecified atom stereocenters. The van der Waals surface area contributed by atoms with Gasteiger partial charge >= 0.3 is 0 Å². The molecule has 1 aromatic carbocycles. The van der Waals surface area contributed by atoms with Crippen molar-refractivity contribution in [3.63, 3.8) is 0 Å². The molecular formula is C21H18ClFN6O2. The number of ether oxygens (including phenoxy) is 1. The highest BCUT2D eigenvalue weighted by atomic mass is 35.5. The number of rotatable bonds is 4. The van der Waals surface area contributed by atoms with Crippen molar-refractivity contribution in [2.24, 2.45) is 5.73 Å². The van der Waals surface area contributed by atoms with Gasteiger partial charge in [-0.05, 0) is 18.6 Å². The molecule has 158 valence electrons. The van der Waals surface area contributed by atoms with Crippen molar-refractivity contribution in [3.8, 4) is 23.0 Å². The minimum absolute atomic E-state index is 0.0382. The maximum Gasteiger partial charge on any atom is 0.275 e. The van der Waals surface area contributed by atoms with Gasteiger partial charge in [0.1, 0.15) is 16.8 Å². The fourth-order valence-corrected chi connectivity index (χ4v) is 3.75. The average molecular weight is 441 g/mol. The molecule has 31 heavy (non-hydrogen) atoms. The summed E-state index contributed by atoms with van der Waals surface area (Å²) in [5.74, 6) is -0.391. The van der Waals surface area contributed by atoms with Crippen LogP contribution in [0.4, 0.5) is 10.1 Å². The number of aromatic nitrogens is 3. The Hall–Kier alpha value is -3.48. The molecule has 1 aliphatic heterocycles. The number of pyridine rings is 1. The number of nitrogens with two attached hydrogens (primary N) is 1. The number of benzene rings is 1. The lowest BCUT2D eigenvalue weighted by Gasteiger charge is -2.14. The van der Waals surface area contributed by atoms with Crippen LogP contribution in [-0.2, 0) is 0 Å². The van der Waals surface area contributed by atoms with E-state index in [4.69, 9.17) is 28.6 Å². The van der Waals surface area contributed by atoms with Gasteiger partial charge in [0.2, 0.25) is 11.6 Å². The molecule has 3 heterocycles. The average Bonchev–Trinajstić information content (AvgIpc) is 3.36. The van der Waals surface area contributed by atoms with Crippen molar-refractivity contribution in [1.29, 1.82) is 0 Å². The van der Waals surface area contributed by atoms with Crippen molar-refractivity contribution < 1.29 is 13.9 Å². The second kappa shape index (κ2) is 8.34. The molecule has 8 nitrogen and oxygen atoms in total. The molecule has 1 atom stereocenters. The van der Waals surface area contributed by atoms with E-state index in [0.717, 1.165) is 0 Å². The molecule has 1 amide bonds. The fraction of sp³-hybridized carbons (Fsp3) is 0.238. The second-order valence-corrected chi connectivity index (χ2v) is 7.40. The molecule has 4 rings (SSSR count). The van der Waals surface area contributed by atoms with Gasteiger partial charge in [0.05, 0.1) is 25.6 Å². The highest BCUT2D eigenvalue weighted by molar-refractivity contribution is 6.33. The maximum atomic E-state index is 14.3. The minimum Gasteiger partial charge on any atom is -0.481 e. The molecule has 0 radical (unpaired) electrons. The molecule has 10 heteroatoms. The second-order valence-electron chi connectivity index (χ2n) is 7.05. The van der Waals surface area contributed by atoms with Gasteiger partial charge in [-0.1, -0.05) is 23.7 Å². The summed E-state index contributed by atoms with van der Waals surface area (Å²) in [5.41, 5.74) is 6.73. The zero-order valence-electron chi connectivity index (χ0n) is 16.5. The van der Waals surface area contributed by atoms with Crippen molar-refractivity contribution in [3.05, 3.63) is 64.6 Å². The zero-order chi connectivity index (χ0) is 22.1. The van der Waals surface area contributed by atoms with Gasteiger partial charge in [-0.3, -0.25) is 9.36 Å². The Morgan fingerprint density at radius 3 is 2.77 bits per heavy atom. The predicted octanol–water partition coefficient (Wildman–Crippen LogP) is 3.46. The standard InChI is InChI=1S/C21H18ClFN6O2/c1-25-16-5-3-12(9-15(16)23)20-27-18(21(30)28-8-7-13(24)11-28)19(22)29(20)14-4-6-17(31-2)26-10-14/h3-6,9-10,13H,7-8,11,24H2,2H3/t13-/m1/s1. The summed E-state index contributed by atoms with van der Waals surface area (Å²) in [5, 5.41) is 0.0714. The maximum absolute atomic E-state index is 14.3. The molecule has 0 saturated carbocycles. The topological polar surface area (TPSA) is 90.6 Å². The summed E-state index contributed by atoms with van der Waals surface area (Å²) in [7, 11) is 1.50. The SMILES string of the molecule is [C-]#[N+]c1ccc(-c2nc(C(=O)N3CC[C@@H](N)C3)c(Cl)n2-c2ccc(OC)nc2)cc1F. The van der Waals surface area contributed by atoms with E-state index in [2.05, 4.69) is 14.8 Å². The predicted molar refractivity (Wildman–Crippen MR) is 113 cm³/mol. The van der Waals surface area contributed by atoms with E-state index in [0.29, 0.717) is 36.6 Å². The van der Waals surface area contributed by atoms with Gasteiger partial charge in [0.15, 0.2) is 5.69 Å². The Kier molecular flexibility index (Phi) is 5.59. The number of likely N-dealkylation sites (tertiary alicyclic amines) is 1. The largest absolute Gasteiger partial charge is 0.481 e.